The summed E-state index contributed by atoms with van der Waals surface area (Å²) in [5, 5.41) is 7.96. The van der Waals surface area contributed by atoms with Crippen LogP contribution in [0.4, 0.5) is 4.39 Å². The van der Waals surface area contributed by atoms with Gasteiger partial charge in [-0.05, 0) is 37.5 Å². The number of carbonyl (C=O) groups is 1. The Morgan fingerprint density at radius 2 is 2.12 bits per heavy atom. The van der Waals surface area contributed by atoms with Crippen LogP contribution in [-0.4, -0.2) is 40.2 Å². The van der Waals surface area contributed by atoms with E-state index < -0.39 is 0 Å². The number of piperidine rings is 1. The predicted octanol–water partition coefficient (Wildman–Crippen LogP) is 2.54. The highest BCUT2D eigenvalue weighted by Crippen LogP contribution is 2.18. The number of aromatic nitrogens is 2. The van der Waals surface area contributed by atoms with Gasteiger partial charge in [0.25, 0.3) is 0 Å². The Morgan fingerprint density at radius 3 is 2.88 bits per heavy atom. The second-order valence-corrected chi connectivity index (χ2v) is 6.00. The number of halogens is 1. The third kappa shape index (κ3) is 4.07. The van der Waals surface area contributed by atoms with E-state index in [2.05, 4.69) is 10.2 Å². The number of hydrogen-bond acceptors (Lipinski definition) is 4. The molecule has 1 saturated heterocycles. The molecule has 126 valence electrons. The van der Waals surface area contributed by atoms with Crippen molar-refractivity contribution in [2.75, 3.05) is 13.1 Å². The highest BCUT2D eigenvalue weighted by atomic mass is 19.1. The van der Waals surface area contributed by atoms with E-state index in [0.29, 0.717) is 24.5 Å². The smallest absolute Gasteiger partial charge is 0.233 e. The first-order chi connectivity index (χ1) is 11.6. The summed E-state index contributed by atoms with van der Waals surface area (Å²) in [5.41, 5.74) is 1.25. The maximum Gasteiger partial charge on any atom is 0.233 e. The molecule has 2 aromatic rings. The van der Waals surface area contributed by atoms with Crippen LogP contribution in [0.25, 0.3) is 0 Å². The van der Waals surface area contributed by atoms with Gasteiger partial charge in [0.05, 0.1) is 18.7 Å². The molecule has 1 aliphatic rings. The fourth-order valence-corrected chi connectivity index (χ4v) is 2.80. The molecule has 1 fully saturated rings. The zero-order valence-corrected chi connectivity index (χ0v) is 13.6. The van der Waals surface area contributed by atoms with Gasteiger partial charge in [-0.2, -0.15) is 5.10 Å². The van der Waals surface area contributed by atoms with Gasteiger partial charge in [0.1, 0.15) is 11.9 Å². The minimum absolute atomic E-state index is 0.0731. The molecule has 1 unspecified atom stereocenters. The van der Waals surface area contributed by atoms with E-state index in [1.54, 1.807) is 29.2 Å². The zero-order chi connectivity index (χ0) is 16.9. The van der Waals surface area contributed by atoms with E-state index in [1.807, 2.05) is 13.0 Å². The summed E-state index contributed by atoms with van der Waals surface area (Å²) in [6.07, 6.45) is 1.68. The van der Waals surface area contributed by atoms with Crippen LogP contribution in [-0.2, 0) is 11.2 Å². The Kier molecular flexibility index (Phi) is 5.03. The largest absolute Gasteiger partial charge is 0.471 e. The average molecular weight is 329 g/mol. The number of likely N-dealkylation sites (tertiary alicyclic amines) is 1. The Morgan fingerprint density at radius 1 is 1.29 bits per heavy atom. The van der Waals surface area contributed by atoms with Crippen LogP contribution in [0.15, 0.2) is 36.4 Å². The van der Waals surface area contributed by atoms with Gasteiger partial charge in [0.2, 0.25) is 11.8 Å². The van der Waals surface area contributed by atoms with Crippen LogP contribution >= 0.6 is 0 Å². The SMILES string of the molecule is Cc1ccc(OC2CCCN(C(=O)Cc3ccccc3F)C2)nn1. The van der Waals surface area contributed by atoms with Gasteiger partial charge in [0, 0.05) is 12.6 Å². The second kappa shape index (κ2) is 7.38. The quantitative estimate of drug-likeness (QED) is 0.865. The van der Waals surface area contributed by atoms with E-state index in [-0.39, 0.29) is 24.2 Å². The van der Waals surface area contributed by atoms with Crippen LogP contribution in [0.2, 0.25) is 0 Å². The van der Waals surface area contributed by atoms with Crippen molar-refractivity contribution in [2.24, 2.45) is 0 Å². The lowest BCUT2D eigenvalue weighted by molar-refractivity contribution is -0.133. The lowest BCUT2D eigenvalue weighted by Gasteiger charge is -2.32. The number of amides is 1. The first kappa shape index (κ1) is 16.4. The van der Waals surface area contributed by atoms with Crippen molar-refractivity contribution in [1.82, 2.24) is 15.1 Å². The number of nitrogens with zero attached hydrogens (tertiary/aromatic N) is 3. The number of ether oxygens (including phenoxy) is 1. The minimum atomic E-state index is -0.342. The first-order valence-corrected chi connectivity index (χ1v) is 8.10. The Labute approximate surface area is 140 Å². The van der Waals surface area contributed by atoms with Crippen molar-refractivity contribution in [2.45, 2.75) is 32.3 Å². The average Bonchev–Trinajstić information content (AvgIpc) is 2.59. The molecule has 0 bridgehead atoms. The van der Waals surface area contributed by atoms with E-state index in [9.17, 15) is 9.18 Å². The van der Waals surface area contributed by atoms with Gasteiger partial charge < -0.3 is 9.64 Å². The van der Waals surface area contributed by atoms with Gasteiger partial charge >= 0.3 is 0 Å². The molecule has 1 aromatic carbocycles. The number of carbonyl (C=O) groups excluding carboxylic acids is 1. The maximum atomic E-state index is 13.7. The lowest BCUT2D eigenvalue weighted by atomic mass is 10.1. The van der Waals surface area contributed by atoms with Gasteiger partial charge in [-0.15, -0.1) is 5.10 Å². The third-order valence-electron chi connectivity index (χ3n) is 4.09. The molecular formula is C18H20FN3O2. The van der Waals surface area contributed by atoms with Crippen LogP contribution in [0.1, 0.15) is 24.1 Å². The Balaban J connectivity index is 1.59. The zero-order valence-electron chi connectivity index (χ0n) is 13.6. The molecule has 1 atom stereocenters. The summed E-state index contributed by atoms with van der Waals surface area (Å²) in [6, 6.07) is 10.0. The number of aryl methyl sites for hydroxylation is 1. The first-order valence-electron chi connectivity index (χ1n) is 8.10. The number of rotatable bonds is 4. The van der Waals surface area contributed by atoms with Crippen LogP contribution in [0.3, 0.4) is 0 Å². The van der Waals surface area contributed by atoms with Crippen molar-refractivity contribution in [3.8, 4) is 5.88 Å². The van der Waals surface area contributed by atoms with Crippen LogP contribution < -0.4 is 4.74 Å². The lowest BCUT2D eigenvalue weighted by Crippen LogP contribution is -2.45. The van der Waals surface area contributed by atoms with Crippen molar-refractivity contribution in [1.29, 1.82) is 0 Å². The van der Waals surface area contributed by atoms with Crippen LogP contribution in [0, 0.1) is 12.7 Å². The van der Waals surface area contributed by atoms with E-state index >= 15 is 0 Å². The molecule has 0 spiro atoms. The molecule has 24 heavy (non-hydrogen) atoms. The van der Waals surface area contributed by atoms with Crippen molar-refractivity contribution in [3.63, 3.8) is 0 Å². The van der Waals surface area contributed by atoms with Gasteiger partial charge in [-0.3, -0.25) is 4.79 Å². The van der Waals surface area contributed by atoms with Crippen molar-refractivity contribution >= 4 is 5.91 Å². The molecule has 0 radical (unpaired) electrons. The Bertz CT molecular complexity index is 706. The molecule has 2 heterocycles. The highest BCUT2D eigenvalue weighted by molar-refractivity contribution is 5.79. The molecule has 0 saturated carbocycles. The number of benzene rings is 1. The molecule has 1 aromatic heterocycles. The molecule has 5 nitrogen and oxygen atoms in total. The Hall–Kier alpha value is -2.50. The molecule has 1 aliphatic heterocycles. The molecule has 6 heteroatoms. The topological polar surface area (TPSA) is 55.3 Å². The summed E-state index contributed by atoms with van der Waals surface area (Å²) < 4.78 is 19.5. The van der Waals surface area contributed by atoms with Crippen molar-refractivity contribution in [3.05, 3.63) is 53.5 Å². The number of hydrogen-bond donors (Lipinski definition) is 0. The van der Waals surface area contributed by atoms with E-state index in [0.717, 1.165) is 18.5 Å². The van der Waals surface area contributed by atoms with E-state index in [1.165, 1.54) is 6.07 Å². The van der Waals surface area contributed by atoms with E-state index in [4.69, 9.17) is 4.74 Å². The van der Waals surface area contributed by atoms with Crippen LogP contribution in [0.5, 0.6) is 5.88 Å². The summed E-state index contributed by atoms with van der Waals surface area (Å²) in [4.78, 5) is 14.2. The summed E-state index contributed by atoms with van der Waals surface area (Å²) in [5.74, 6) is 0.0444. The second-order valence-electron chi connectivity index (χ2n) is 6.00. The van der Waals surface area contributed by atoms with Gasteiger partial charge in [-0.1, -0.05) is 18.2 Å². The molecule has 1 amide bonds. The fourth-order valence-electron chi connectivity index (χ4n) is 2.80. The predicted molar refractivity (Wildman–Crippen MR) is 87.1 cm³/mol. The minimum Gasteiger partial charge on any atom is -0.471 e. The molecule has 3 rings (SSSR count). The normalized spacial score (nSPS) is 17.6. The molecule has 0 N–H and O–H groups in total. The highest BCUT2D eigenvalue weighted by Gasteiger charge is 2.25. The molecule has 0 aliphatic carbocycles. The monoisotopic (exact) mass is 329 g/mol. The summed E-state index contributed by atoms with van der Waals surface area (Å²) in [6.45, 7) is 3.02. The van der Waals surface area contributed by atoms with Crippen molar-refractivity contribution < 1.29 is 13.9 Å². The molecular weight excluding hydrogens is 309 g/mol. The summed E-state index contributed by atoms with van der Waals surface area (Å²) in [7, 11) is 0. The fraction of sp³-hybridized carbons (Fsp3) is 0.389. The maximum absolute atomic E-state index is 13.7. The standard InChI is InChI=1S/C18H20FN3O2/c1-13-8-9-17(21-20-13)24-15-6-4-10-22(12-15)18(23)11-14-5-2-3-7-16(14)19/h2-3,5,7-9,15H,4,6,10-12H2,1H3. The van der Waals surface area contributed by atoms with Gasteiger partial charge in [0.15, 0.2) is 0 Å². The third-order valence-corrected chi connectivity index (χ3v) is 4.09. The summed E-state index contributed by atoms with van der Waals surface area (Å²) >= 11 is 0. The van der Waals surface area contributed by atoms with Gasteiger partial charge in [-0.25, -0.2) is 4.39 Å².